The molecule has 1 spiro atoms. The summed E-state index contributed by atoms with van der Waals surface area (Å²) in [7, 11) is 4.08. The van der Waals surface area contributed by atoms with Crippen molar-refractivity contribution in [3.05, 3.63) is 29.8 Å². The third-order valence-electron chi connectivity index (χ3n) is 5.84. The number of nitrogens with one attached hydrogen (secondary N) is 1. The van der Waals surface area contributed by atoms with E-state index in [-0.39, 0.29) is 23.6 Å². The van der Waals surface area contributed by atoms with Crippen molar-refractivity contribution in [1.82, 2.24) is 15.1 Å². The highest BCUT2D eigenvalue weighted by atomic mass is 16.5. The molecule has 2 amide bonds. The molecule has 0 saturated carbocycles. The van der Waals surface area contributed by atoms with Gasteiger partial charge in [-0.1, -0.05) is 12.1 Å². The minimum atomic E-state index is 0.0362. The fraction of sp³-hybridized carbons (Fsp3) is 0.682. The zero-order valence-corrected chi connectivity index (χ0v) is 17.7. The van der Waals surface area contributed by atoms with Crippen LogP contribution in [-0.2, 0) is 4.74 Å². The molecule has 6 heteroatoms. The molecule has 0 aliphatic carbocycles. The lowest BCUT2D eigenvalue weighted by Crippen LogP contribution is -2.44. The van der Waals surface area contributed by atoms with Crippen LogP contribution in [0, 0.1) is 5.41 Å². The van der Waals surface area contributed by atoms with E-state index in [1.54, 1.807) is 0 Å². The van der Waals surface area contributed by atoms with Crippen LogP contribution in [0.1, 0.15) is 44.7 Å². The quantitative estimate of drug-likeness (QED) is 0.811. The fourth-order valence-corrected chi connectivity index (χ4v) is 4.28. The molecule has 28 heavy (non-hydrogen) atoms. The Morgan fingerprint density at radius 2 is 2.04 bits per heavy atom. The van der Waals surface area contributed by atoms with Gasteiger partial charge in [-0.25, -0.2) is 4.79 Å². The predicted molar refractivity (Wildman–Crippen MR) is 111 cm³/mol. The first-order valence-corrected chi connectivity index (χ1v) is 10.4. The van der Waals surface area contributed by atoms with Crippen molar-refractivity contribution in [2.24, 2.45) is 5.41 Å². The van der Waals surface area contributed by atoms with Crippen molar-refractivity contribution >= 4 is 6.03 Å². The molecular weight excluding hydrogens is 354 g/mol. The van der Waals surface area contributed by atoms with Gasteiger partial charge in [0.2, 0.25) is 0 Å². The Bertz CT molecular complexity index is 639. The van der Waals surface area contributed by atoms with E-state index in [1.165, 1.54) is 12.0 Å². The molecule has 2 aliphatic heterocycles. The Balaban J connectivity index is 1.55. The second-order valence-electron chi connectivity index (χ2n) is 8.73. The van der Waals surface area contributed by atoms with Crippen LogP contribution in [0.4, 0.5) is 4.79 Å². The summed E-state index contributed by atoms with van der Waals surface area (Å²) in [5, 5.41) is 3.15. The van der Waals surface area contributed by atoms with E-state index in [9.17, 15) is 4.79 Å². The number of carbonyl (C=O) groups excluding carboxylic acids is 1. The zero-order valence-electron chi connectivity index (χ0n) is 17.7. The van der Waals surface area contributed by atoms with Crippen LogP contribution < -0.4 is 10.1 Å². The summed E-state index contributed by atoms with van der Waals surface area (Å²) in [4.78, 5) is 16.8. The summed E-state index contributed by atoms with van der Waals surface area (Å²) in [6, 6.07) is 8.32. The number of amides is 2. The van der Waals surface area contributed by atoms with Gasteiger partial charge in [0.1, 0.15) is 5.75 Å². The molecule has 1 N–H and O–H groups in total. The van der Waals surface area contributed by atoms with Crippen molar-refractivity contribution in [1.29, 1.82) is 0 Å². The number of likely N-dealkylation sites (tertiary alicyclic amines) is 1. The number of hydrogen-bond acceptors (Lipinski definition) is 4. The average Bonchev–Trinajstić information content (AvgIpc) is 3.06. The van der Waals surface area contributed by atoms with E-state index in [4.69, 9.17) is 9.47 Å². The Morgan fingerprint density at radius 1 is 1.29 bits per heavy atom. The lowest BCUT2D eigenvalue weighted by Gasteiger charge is -2.33. The second kappa shape index (κ2) is 9.14. The van der Waals surface area contributed by atoms with Gasteiger partial charge in [0, 0.05) is 31.7 Å². The maximum absolute atomic E-state index is 12.7. The topological polar surface area (TPSA) is 54.0 Å². The Kier molecular flexibility index (Phi) is 6.83. The molecule has 0 aromatic heterocycles. The van der Waals surface area contributed by atoms with E-state index >= 15 is 0 Å². The third-order valence-corrected chi connectivity index (χ3v) is 5.84. The van der Waals surface area contributed by atoms with Gasteiger partial charge in [-0.3, -0.25) is 0 Å². The van der Waals surface area contributed by atoms with Crippen molar-refractivity contribution in [2.75, 3.05) is 46.9 Å². The Morgan fingerprint density at radius 3 is 2.64 bits per heavy atom. The molecule has 2 saturated heterocycles. The minimum Gasteiger partial charge on any atom is -0.491 e. The van der Waals surface area contributed by atoms with Crippen molar-refractivity contribution in [3.8, 4) is 5.75 Å². The maximum atomic E-state index is 12.7. The highest BCUT2D eigenvalue weighted by Crippen LogP contribution is 2.38. The van der Waals surface area contributed by atoms with Gasteiger partial charge in [-0.2, -0.15) is 0 Å². The SMILES string of the molecule is CC(C)Oc1ccc(C(CNC(=O)N2CCC3(CCCOC3)C2)N(C)C)cc1. The maximum Gasteiger partial charge on any atom is 0.317 e. The summed E-state index contributed by atoms with van der Waals surface area (Å²) >= 11 is 0. The minimum absolute atomic E-state index is 0.0362. The van der Waals surface area contributed by atoms with Gasteiger partial charge >= 0.3 is 6.03 Å². The molecule has 1 aromatic rings. The van der Waals surface area contributed by atoms with Crippen LogP contribution in [0.25, 0.3) is 0 Å². The highest BCUT2D eigenvalue weighted by molar-refractivity contribution is 5.74. The lowest BCUT2D eigenvalue weighted by molar-refractivity contribution is -0.000451. The van der Waals surface area contributed by atoms with E-state index in [0.717, 1.165) is 44.9 Å². The van der Waals surface area contributed by atoms with Crippen LogP contribution in [0.15, 0.2) is 24.3 Å². The molecule has 2 heterocycles. The van der Waals surface area contributed by atoms with E-state index in [1.807, 2.05) is 45.0 Å². The van der Waals surface area contributed by atoms with Crippen LogP contribution in [0.2, 0.25) is 0 Å². The Hall–Kier alpha value is -1.79. The van der Waals surface area contributed by atoms with Gasteiger partial charge in [0.25, 0.3) is 0 Å². The van der Waals surface area contributed by atoms with Crippen LogP contribution in [0.5, 0.6) is 5.75 Å². The average molecular weight is 390 g/mol. The lowest BCUT2D eigenvalue weighted by atomic mass is 9.82. The summed E-state index contributed by atoms with van der Waals surface area (Å²) in [6.07, 6.45) is 3.49. The number of urea groups is 1. The smallest absolute Gasteiger partial charge is 0.317 e. The molecule has 0 bridgehead atoms. The second-order valence-corrected chi connectivity index (χ2v) is 8.73. The zero-order chi connectivity index (χ0) is 20.1. The molecule has 0 radical (unpaired) electrons. The Labute approximate surface area is 169 Å². The fourth-order valence-electron chi connectivity index (χ4n) is 4.28. The van der Waals surface area contributed by atoms with E-state index in [2.05, 4.69) is 22.3 Å². The summed E-state index contributed by atoms with van der Waals surface area (Å²) < 4.78 is 11.4. The third kappa shape index (κ3) is 5.17. The van der Waals surface area contributed by atoms with E-state index in [0.29, 0.717) is 6.54 Å². The van der Waals surface area contributed by atoms with Crippen LogP contribution >= 0.6 is 0 Å². The first-order chi connectivity index (χ1) is 13.4. The molecule has 2 fully saturated rings. The highest BCUT2D eigenvalue weighted by Gasteiger charge is 2.41. The van der Waals surface area contributed by atoms with Crippen LogP contribution in [0.3, 0.4) is 0 Å². The first kappa shape index (κ1) is 20.9. The van der Waals surface area contributed by atoms with Crippen molar-refractivity contribution in [3.63, 3.8) is 0 Å². The van der Waals surface area contributed by atoms with Gasteiger partial charge < -0.3 is 24.6 Å². The summed E-state index contributed by atoms with van der Waals surface area (Å²) in [6.45, 7) is 7.91. The molecule has 2 atom stereocenters. The van der Waals surface area contributed by atoms with E-state index < -0.39 is 0 Å². The standard InChI is InChI=1S/C22H35N3O3/c1-17(2)28-19-8-6-18(7-9-19)20(24(3)4)14-23-21(26)25-12-11-22(15-25)10-5-13-27-16-22/h6-9,17,20H,5,10-16H2,1-4H3,(H,23,26). The van der Waals surface area contributed by atoms with Gasteiger partial charge in [-0.05, 0) is 64.9 Å². The molecule has 6 nitrogen and oxygen atoms in total. The molecule has 156 valence electrons. The molecule has 1 aromatic carbocycles. The molecule has 3 rings (SSSR count). The number of nitrogens with zero attached hydrogens (tertiary/aromatic N) is 2. The first-order valence-electron chi connectivity index (χ1n) is 10.4. The van der Waals surface area contributed by atoms with Crippen molar-refractivity contribution < 1.29 is 14.3 Å². The van der Waals surface area contributed by atoms with Gasteiger partial charge in [-0.15, -0.1) is 0 Å². The van der Waals surface area contributed by atoms with Crippen molar-refractivity contribution in [2.45, 2.75) is 45.3 Å². The van der Waals surface area contributed by atoms with Crippen LogP contribution in [-0.4, -0.2) is 68.9 Å². The molecular formula is C22H35N3O3. The number of benzene rings is 1. The van der Waals surface area contributed by atoms with Gasteiger partial charge in [0.15, 0.2) is 0 Å². The summed E-state index contributed by atoms with van der Waals surface area (Å²) in [5.74, 6) is 0.873. The van der Waals surface area contributed by atoms with Gasteiger partial charge in [0.05, 0.1) is 18.8 Å². The molecule has 2 unspecified atom stereocenters. The monoisotopic (exact) mass is 389 g/mol. The predicted octanol–water partition coefficient (Wildman–Crippen LogP) is 3.29. The number of carbonyl (C=O) groups is 1. The number of likely N-dealkylation sites (N-methyl/N-ethyl adjacent to an activating group) is 1. The summed E-state index contributed by atoms with van der Waals surface area (Å²) in [5.41, 5.74) is 1.35. The normalized spacial score (nSPS) is 23.4. The molecule has 2 aliphatic rings. The number of rotatable bonds is 6. The number of hydrogen-bond donors (Lipinski definition) is 1. The number of ether oxygens (including phenoxy) is 2. The largest absolute Gasteiger partial charge is 0.491 e.